The maximum atomic E-state index is 15.0. The van der Waals surface area contributed by atoms with E-state index in [9.17, 15) is 22.7 Å². The number of aryl methyl sites for hydroxylation is 1. The first-order valence-electron chi connectivity index (χ1n) is 11.2. The van der Waals surface area contributed by atoms with Crippen LogP contribution in [0.15, 0.2) is 66.3 Å². The number of carbonyl (C=O) groups is 1. The smallest absolute Gasteiger partial charge is 0.227 e. The average molecular weight is 498 g/mol. The first-order valence-corrected chi connectivity index (χ1v) is 13.0. The van der Waals surface area contributed by atoms with Crippen molar-refractivity contribution in [3.8, 4) is 5.69 Å². The van der Waals surface area contributed by atoms with Crippen LogP contribution >= 0.6 is 0 Å². The third-order valence-corrected chi connectivity index (χ3v) is 7.42. The third-order valence-electron chi connectivity index (χ3n) is 6.04. The number of benzene rings is 1. The normalized spacial score (nSPS) is 17.0. The highest BCUT2D eigenvalue weighted by Gasteiger charge is 2.31. The summed E-state index contributed by atoms with van der Waals surface area (Å²) in [6.45, 7) is 5.22. The molecule has 1 N–H and O–H groups in total. The van der Waals surface area contributed by atoms with Gasteiger partial charge >= 0.3 is 0 Å². The monoisotopic (exact) mass is 497 g/mol. The van der Waals surface area contributed by atoms with Crippen molar-refractivity contribution in [2.24, 2.45) is 0 Å². The minimum absolute atomic E-state index is 0.0945. The number of carbonyl (C=O) groups excluding carboxylic acids is 1. The first kappa shape index (κ1) is 24.8. The van der Waals surface area contributed by atoms with Gasteiger partial charge in [0.1, 0.15) is 11.4 Å². The fourth-order valence-corrected chi connectivity index (χ4v) is 5.40. The van der Waals surface area contributed by atoms with Crippen LogP contribution in [0.1, 0.15) is 36.4 Å². The molecule has 184 valence electrons. The van der Waals surface area contributed by atoms with Crippen LogP contribution < -0.4 is 0 Å². The Morgan fingerprint density at radius 2 is 2.03 bits per heavy atom. The van der Waals surface area contributed by atoms with E-state index >= 15 is 0 Å². The molecule has 3 aromatic rings. The topological polar surface area (TPSA) is 92.5 Å². The molecule has 1 aromatic carbocycles. The molecule has 0 saturated carbocycles. The van der Waals surface area contributed by atoms with E-state index in [0.717, 1.165) is 11.1 Å². The Labute approximate surface area is 204 Å². The summed E-state index contributed by atoms with van der Waals surface area (Å²) in [6.07, 6.45) is 4.64. The van der Waals surface area contributed by atoms with E-state index in [1.165, 1.54) is 23.2 Å². The zero-order valence-electron chi connectivity index (χ0n) is 19.8. The molecule has 2 aromatic heterocycles. The molecule has 0 bridgehead atoms. The predicted octanol–water partition coefficient (Wildman–Crippen LogP) is 3.43. The number of aliphatic hydroxyl groups is 1. The predicted molar refractivity (Wildman–Crippen MR) is 131 cm³/mol. The maximum absolute atomic E-state index is 15.0. The standard InChI is InChI=1S/C26H28FN3O4S/c1-18-5-4-11-29(18)21-7-6-20(23(27)15-21)14-25(31)30(22-9-12-35(33,34)17-22)16-19-8-10-28-24(13-19)26(2,3)32/h4-13,15,22,32H,14,16-17H2,1-3H3. The molecule has 0 fully saturated rings. The number of pyridine rings is 1. The van der Waals surface area contributed by atoms with Gasteiger partial charge in [-0.3, -0.25) is 9.78 Å². The number of nitrogens with zero attached hydrogens (tertiary/aromatic N) is 3. The minimum atomic E-state index is -3.42. The molecular formula is C26H28FN3O4S. The Balaban J connectivity index is 1.60. The molecule has 9 heteroatoms. The molecule has 1 unspecified atom stereocenters. The largest absolute Gasteiger partial charge is 0.384 e. The summed E-state index contributed by atoms with van der Waals surface area (Å²) in [5, 5.41) is 11.4. The second kappa shape index (κ2) is 9.39. The zero-order chi connectivity index (χ0) is 25.4. The highest BCUT2D eigenvalue weighted by molar-refractivity contribution is 7.94. The van der Waals surface area contributed by atoms with E-state index in [4.69, 9.17) is 0 Å². The van der Waals surface area contributed by atoms with E-state index in [0.29, 0.717) is 16.9 Å². The van der Waals surface area contributed by atoms with Crippen LogP contribution in [0.3, 0.4) is 0 Å². The lowest BCUT2D eigenvalue weighted by Crippen LogP contribution is -2.41. The van der Waals surface area contributed by atoms with Crippen LogP contribution in [0.4, 0.5) is 4.39 Å². The number of aromatic nitrogens is 2. The van der Waals surface area contributed by atoms with Gasteiger partial charge in [0.05, 0.1) is 23.9 Å². The van der Waals surface area contributed by atoms with Crippen LogP contribution in [-0.4, -0.2) is 45.7 Å². The van der Waals surface area contributed by atoms with E-state index in [2.05, 4.69) is 4.98 Å². The molecular weight excluding hydrogens is 469 g/mol. The Morgan fingerprint density at radius 3 is 2.63 bits per heavy atom. The van der Waals surface area contributed by atoms with Crippen molar-refractivity contribution in [3.63, 3.8) is 0 Å². The molecule has 1 amide bonds. The summed E-state index contributed by atoms with van der Waals surface area (Å²) in [6, 6.07) is 11.2. The van der Waals surface area contributed by atoms with E-state index < -0.39 is 33.2 Å². The molecule has 0 aliphatic carbocycles. The number of amides is 1. The van der Waals surface area contributed by atoms with Crippen molar-refractivity contribution < 1.29 is 22.7 Å². The van der Waals surface area contributed by atoms with Gasteiger partial charge < -0.3 is 14.6 Å². The minimum Gasteiger partial charge on any atom is -0.384 e. The summed E-state index contributed by atoms with van der Waals surface area (Å²) >= 11 is 0. The van der Waals surface area contributed by atoms with Gasteiger partial charge in [0.2, 0.25) is 5.91 Å². The van der Waals surface area contributed by atoms with Crippen LogP contribution in [-0.2, 0) is 33.2 Å². The van der Waals surface area contributed by atoms with Crippen LogP contribution in [0, 0.1) is 12.7 Å². The fourth-order valence-electron chi connectivity index (χ4n) is 4.10. The highest BCUT2D eigenvalue weighted by atomic mass is 32.2. The van der Waals surface area contributed by atoms with Crippen molar-refractivity contribution in [3.05, 3.63) is 94.7 Å². The van der Waals surface area contributed by atoms with Gasteiger partial charge in [0.25, 0.3) is 0 Å². The van der Waals surface area contributed by atoms with Crippen molar-refractivity contribution in [1.29, 1.82) is 0 Å². The van der Waals surface area contributed by atoms with Crippen LogP contribution in [0.25, 0.3) is 5.69 Å². The number of halogens is 1. The van der Waals surface area contributed by atoms with E-state index in [-0.39, 0.29) is 24.3 Å². The molecule has 3 heterocycles. The van der Waals surface area contributed by atoms with Crippen LogP contribution in [0.2, 0.25) is 0 Å². The molecule has 1 aliphatic heterocycles. The van der Waals surface area contributed by atoms with Crippen LogP contribution in [0.5, 0.6) is 0 Å². The number of sulfone groups is 1. The average Bonchev–Trinajstić information content (AvgIpc) is 3.37. The lowest BCUT2D eigenvalue weighted by atomic mass is 10.0. The first-order chi connectivity index (χ1) is 16.4. The molecule has 4 rings (SSSR count). The highest BCUT2D eigenvalue weighted by Crippen LogP contribution is 2.23. The van der Waals surface area contributed by atoms with Crippen molar-refractivity contribution in [2.45, 2.75) is 45.4 Å². The van der Waals surface area contributed by atoms with Crippen molar-refractivity contribution in [1.82, 2.24) is 14.5 Å². The lowest BCUT2D eigenvalue weighted by molar-refractivity contribution is -0.132. The third kappa shape index (κ3) is 5.68. The van der Waals surface area contributed by atoms with Crippen molar-refractivity contribution >= 4 is 15.7 Å². The van der Waals surface area contributed by atoms with E-state index in [1.807, 2.05) is 29.8 Å². The number of hydrogen-bond acceptors (Lipinski definition) is 5. The van der Waals surface area contributed by atoms with Gasteiger partial charge in [0, 0.05) is 35.7 Å². The Hall–Kier alpha value is -3.30. The summed E-state index contributed by atoms with van der Waals surface area (Å²) in [4.78, 5) is 19.0. The molecule has 1 atom stereocenters. The van der Waals surface area contributed by atoms with E-state index in [1.54, 1.807) is 38.1 Å². The van der Waals surface area contributed by atoms with Gasteiger partial charge in [-0.2, -0.15) is 0 Å². The quantitative estimate of drug-likeness (QED) is 0.540. The second-order valence-corrected chi connectivity index (χ2v) is 11.3. The second-order valence-electron chi connectivity index (χ2n) is 9.33. The molecule has 35 heavy (non-hydrogen) atoms. The molecule has 1 aliphatic rings. The number of rotatable bonds is 7. The summed E-state index contributed by atoms with van der Waals surface area (Å²) in [5.41, 5.74) is 1.77. The molecule has 0 saturated heterocycles. The van der Waals surface area contributed by atoms with Crippen molar-refractivity contribution in [2.75, 3.05) is 5.75 Å². The Morgan fingerprint density at radius 1 is 1.26 bits per heavy atom. The lowest BCUT2D eigenvalue weighted by Gasteiger charge is -2.28. The molecule has 7 nitrogen and oxygen atoms in total. The SMILES string of the molecule is Cc1cccn1-c1ccc(CC(=O)N(Cc2ccnc(C(C)(C)O)c2)C2C=CS(=O)(=O)C2)c(F)c1. The maximum Gasteiger partial charge on any atom is 0.227 e. The Kier molecular flexibility index (Phi) is 6.66. The van der Waals surface area contributed by atoms with Gasteiger partial charge in [-0.15, -0.1) is 0 Å². The van der Waals surface area contributed by atoms with Gasteiger partial charge in [-0.05, 0) is 74.4 Å². The summed E-state index contributed by atoms with van der Waals surface area (Å²) < 4.78 is 41.0. The number of hydrogen-bond donors (Lipinski definition) is 1. The zero-order valence-corrected chi connectivity index (χ0v) is 20.7. The van der Waals surface area contributed by atoms with Gasteiger partial charge in [-0.25, -0.2) is 12.8 Å². The summed E-state index contributed by atoms with van der Waals surface area (Å²) in [7, 11) is -3.42. The summed E-state index contributed by atoms with van der Waals surface area (Å²) in [5.74, 6) is -1.13. The van der Waals surface area contributed by atoms with Gasteiger partial charge in [0.15, 0.2) is 9.84 Å². The fraction of sp³-hybridized carbons (Fsp3) is 0.308. The molecule has 0 radical (unpaired) electrons. The Bertz CT molecular complexity index is 1390. The van der Waals surface area contributed by atoms with Gasteiger partial charge in [-0.1, -0.05) is 6.07 Å². The molecule has 0 spiro atoms.